The Morgan fingerprint density at radius 2 is 2.21 bits per heavy atom. The number of hydrogen-bond donors (Lipinski definition) is 1. The molecule has 1 fully saturated rings. The summed E-state index contributed by atoms with van der Waals surface area (Å²) in [6, 6.07) is 5.45. The third kappa shape index (κ3) is 3.41. The van der Waals surface area contributed by atoms with Crippen molar-refractivity contribution in [3.63, 3.8) is 0 Å². The van der Waals surface area contributed by atoms with Gasteiger partial charge in [0.1, 0.15) is 0 Å². The molecule has 104 valence electrons. The summed E-state index contributed by atoms with van der Waals surface area (Å²) in [5, 5.41) is 0.521. The first-order valence-electron chi connectivity index (χ1n) is 6.99. The van der Waals surface area contributed by atoms with Gasteiger partial charge in [0.25, 0.3) is 5.91 Å². The third-order valence-electron chi connectivity index (χ3n) is 3.68. The minimum atomic E-state index is 0.0624. The van der Waals surface area contributed by atoms with Crippen LogP contribution in [0.5, 0.6) is 0 Å². The molecule has 0 aliphatic carbocycles. The van der Waals surface area contributed by atoms with Crippen molar-refractivity contribution in [3.05, 3.63) is 28.8 Å². The molecule has 1 aromatic carbocycles. The van der Waals surface area contributed by atoms with Crippen LogP contribution in [0.2, 0.25) is 5.02 Å². The highest BCUT2D eigenvalue weighted by molar-refractivity contribution is 6.31. The number of halogens is 1. The van der Waals surface area contributed by atoms with Gasteiger partial charge in [0, 0.05) is 28.9 Å². The van der Waals surface area contributed by atoms with Gasteiger partial charge < -0.3 is 10.6 Å². The molecule has 3 nitrogen and oxygen atoms in total. The number of nitrogen functional groups attached to an aromatic ring is 1. The van der Waals surface area contributed by atoms with Crippen molar-refractivity contribution in [3.8, 4) is 0 Å². The number of rotatable bonds is 3. The van der Waals surface area contributed by atoms with E-state index >= 15 is 0 Å². The quantitative estimate of drug-likeness (QED) is 0.858. The van der Waals surface area contributed by atoms with Crippen LogP contribution in [0.1, 0.15) is 49.4 Å². The number of nitrogens with zero attached hydrogens (tertiary/aromatic N) is 1. The molecule has 1 unspecified atom stereocenters. The first-order chi connectivity index (χ1) is 9.11. The average molecular weight is 281 g/mol. The van der Waals surface area contributed by atoms with E-state index in [9.17, 15) is 4.79 Å². The summed E-state index contributed by atoms with van der Waals surface area (Å²) in [6.45, 7) is 3.00. The summed E-state index contributed by atoms with van der Waals surface area (Å²) < 4.78 is 0. The summed E-state index contributed by atoms with van der Waals surface area (Å²) in [6.07, 6.45) is 5.58. The second-order valence-electron chi connectivity index (χ2n) is 5.21. The van der Waals surface area contributed by atoms with Gasteiger partial charge in [0.2, 0.25) is 0 Å². The van der Waals surface area contributed by atoms with Crippen molar-refractivity contribution >= 4 is 23.2 Å². The molecule has 1 amide bonds. The van der Waals surface area contributed by atoms with Crippen LogP contribution < -0.4 is 5.73 Å². The molecular formula is C15H21ClN2O. The highest BCUT2D eigenvalue weighted by Gasteiger charge is 2.26. The van der Waals surface area contributed by atoms with Crippen LogP contribution in [0.15, 0.2) is 18.2 Å². The summed E-state index contributed by atoms with van der Waals surface area (Å²) in [7, 11) is 0. The molecule has 2 rings (SSSR count). The van der Waals surface area contributed by atoms with E-state index in [1.54, 1.807) is 18.2 Å². The molecule has 0 spiro atoms. The fraction of sp³-hybridized carbons (Fsp3) is 0.533. The van der Waals surface area contributed by atoms with Crippen LogP contribution in [-0.4, -0.2) is 23.4 Å². The van der Waals surface area contributed by atoms with Crippen molar-refractivity contribution in [1.29, 1.82) is 0 Å². The average Bonchev–Trinajstić information content (AvgIpc) is 2.38. The number of carbonyl (C=O) groups is 1. The Balaban J connectivity index is 2.20. The van der Waals surface area contributed by atoms with E-state index in [-0.39, 0.29) is 5.91 Å². The number of amides is 1. The molecule has 1 heterocycles. The van der Waals surface area contributed by atoms with Gasteiger partial charge in [-0.25, -0.2) is 0 Å². The van der Waals surface area contributed by atoms with E-state index in [1.807, 2.05) is 4.90 Å². The van der Waals surface area contributed by atoms with Crippen LogP contribution in [0.3, 0.4) is 0 Å². The van der Waals surface area contributed by atoms with Crippen LogP contribution >= 0.6 is 11.6 Å². The Kier molecular flexibility index (Phi) is 4.70. The summed E-state index contributed by atoms with van der Waals surface area (Å²) >= 11 is 5.98. The zero-order valence-electron chi connectivity index (χ0n) is 11.4. The zero-order valence-corrected chi connectivity index (χ0v) is 12.1. The van der Waals surface area contributed by atoms with Crippen LogP contribution in [-0.2, 0) is 0 Å². The maximum atomic E-state index is 12.6. The van der Waals surface area contributed by atoms with Gasteiger partial charge in [-0.05, 0) is 43.9 Å². The minimum absolute atomic E-state index is 0.0624. The van der Waals surface area contributed by atoms with Crippen molar-refractivity contribution in [2.24, 2.45) is 0 Å². The second-order valence-corrected chi connectivity index (χ2v) is 5.65. The predicted octanol–water partition coefficient (Wildman–Crippen LogP) is 3.72. The third-order valence-corrected chi connectivity index (χ3v) is 3.90. The molecule has 2 N–H and O–H groups in total. The first kappa shape index (κ1) is 14.2. The monoisotopic (exact) mass is 280 g/mol. The lowest BCUT2D eigenvalue weighted by atomic mass is 9.97. The largest absolute Gasteiger partial charge is 0.399 e. The SMILES string of the molecule is CCCC1CCCCN1C(=O)c1cc(N)cc(Cl)c1. The lowest BCUT2D eigenvalue weighted by molar-refractivity contribution is 0.0600. The molecule has 0 bridgehead atoms. The predicted molar refractivity (Wildman–Crippen MR) is 79.4 cm³/mol. The Morgan fingerprint density at radius 1 is 1.42 bits per heavy atom. The van der Waals surface area contributed by atoms with E-state index < -0.39 is 0 Å². The van der Waals surface area contributed by atoms with Gasteiger partial charge in [-0.15, -0.1) is 0 Å². The summed E-state index contributed by atoms with van der Waals surface area (Å²) in [5.74, 6) is 0.0624. The number of nitrogens with two attached hydrogens (primary N) is 1. The lowest BCUT2D eigenvalue weighted by Gasteiger charge is -2.36. The van der Waals surface area contributed by atoms with Gasteiger partial charge in [0.15, 0.2) is 0 Å². The molecule has 1 aliphatic heterocycles. The molecule has 4 heteroatoms. The Bertz CT molecular complexity index is 439. The van der Waals surface area contributed by atoms with Crippen molar-refractivity contribution < 1.29 is 4.79 Å². The normalized spacial score (nSPS) is 19.5. The topological polar surface area (TPSA) is 46.3 Å². The maximum absolute atomic E-state index is 12.6. The summed E-state index contributed by atoms with van der Waals surface area (Å²) in [5.41, 5.74) is 6.91. The second kappa shape index (κ2) is 6.29. The fourth-order valence-electron chi connectivity index (χ4n) is 2.80. The van der Waals surface area contributed by atoms with Gasteiger partial charge in [0.05, 0.1) is 0 Å². The minimum Gasteiger partial charge on any atom is -0.399 e. The van der Waals surface area contributed by atoms with E-state index in [0.717, 1.165) is 32.2 Å². The highest BCUT2D eigenvalue weighted by atomic mass is 35.5. The van der Waals surface area contributed by atoms with Gasteiger partial charge in [-0.1, -0.05) is 24.9 Å². The molecule has 1 aromatic rings. The number of piperidine rings is 1. The van der Waals surface area contributed by atoms with Crippen LogP contribution in [0.4, 0.5) is 5.69 Å². The first-order valence-corrected chi connectivity index (χ1v) is 7.36. The number of likely N-dealkylation sites (tertiary alicyclic amines) is 1. The van der Waals surface area contributed by atoms with Gasteiger partial charge >= 0.3 is 0 Å². The van der Waals surface area contributed by atoms with E-state index in [1.165, 1.54) is 6.42 Å². The van der Waals surface area contributed by atoms with Crippen LogP contribution in [0.25, 0.3) is 0 Å². The Hall–Kier alpha value is -1.22. The Morgan fingerprint density at radius 3 is 2.89 bits per heavy atom. The highest BCUT2D eigenvalue weighted by Crippen LogP contribution is 2.25. The van der Waals surface area contributed by atoms with Crippen molar-refractivity contribution in [2.45, 2.75) is 45.1 Å². The van der Waals surface area contributed by atoms with E-state index in [2.05, 4.69) is 6.92 Å². The van der Waals surface area contributed by atoms with Gasteiger partial charge in [-0.3, -0.25) is 4.79 Å². The number of hydrogen-bond acceptors (Lipinski definition) is 2. The van der Waals surface area contributed by atoms with Crippen molar-refractivity contribution in [2.75, 3.05) is 12.3 Å². The number of benzene rings is 1. The molecular weight excluding hydrogens is 260 g/mol. The number of anilines is 1. The molecule has 0 aromatic heterocycles. The maximum Gasteiger partial charge on any atom is 0.254 e. The van der Waals surface area contributed by atoms with Crippen molar-refractivity contribution in [1.82, 2.24) is 4.90 Å². The molecule has 19 heavy (non-hydrogen) atoms. The Labute approximate surface area is 119 Å². The standard InChI is InChI=1S/C15H21ClN2O/c1-2-5-14-6-3-4-7-18(14)15(19)11-8-12(16)10-13(17)9-11/h8-10,14H,2-7,17H2,1H3. The molecule has 0 radical (unpaired) electrons. The molecule has 0 saturated carbocycles. The number of carbonyl (C=O) groups excluding carboxylic acids is 1. The smallest absolute Gasteiger partial charge is 0.254 e. The summed E-state index contributed by atoms with van der Waals surface area (Å²) in [4.78, 5) is 14.6. The molecule has 1 saturated heterocycles. The molecule has 1 atom stereocenters. The fourth-order valence-corrected chi connectivity index (χ4v) is 3.05. The van der Waals surface area contributed by atoms with E-state index in [4.69, 9.17) is 17.3 Å². The van der Waals surface area contributed by atoms with Gasteiger partial charge in [-0.2, -0.15) is 0 Å². The van der Waals surface area contributed by atoms with E-state index in [0.29, 0.717) is 22.3 Å². The lowest BCUT2D eigenvalue weighted by Crippen LogP contribution is -2.43. The molecule has 1 aliphatic rings. The van der Waals surface area contributed by atoms with Crippen LogP contribution in [0, 0.1) is 0 Å². The zero-order chi connectivity index (χ0) is 13.8.